The first-order valence-electron chi connectivity index (χ1n) is 6.60. The van der Waals surface area contributed by atoms with Gasteiger partial charge in [0.2, 0.25) is 10.0 Å². The number of alkyl halides is 3. The lowest BCUT2D eigenvalue weighted by Gasteiger charge is -2.19. The number of benzene rings is 2. The summed E-state index contributed by atoms with van der Waals surface area (Å²) in [4.78, 5) is -0.873. The highest BCUT2D eigenvalue weighted by Crippen LogP contribution is 2.34. The molecule has 2 aromatic rings. The lowest BCUT2D eigenvalue weighted by atomic mass is 10.1. The molecule has 2 N–H and O–H groups in total. The average Bonchev–Trinajstić information content (AvgIpc) is 2.53. The molecule has 2 rings (SSSR count). The number of aliphatic hydroxyl groups excluding tert-OH is 1. The first-order valence-corrected chi connectivity index (χ1v) is 8.08. The van der Waals surface area contributed by atoms with Crippen LogP contribution in [0.4, 0.5) is 13.2 Å². The van der Waals surface area contributed by atoms with Crippen molar-refractivity contribution in [3.8, 4) is 0 Å². The summed E-state index contributed by atoms with van der Waals surface area (Å²) in [5.41, 5.74) is -0.805. The topological polar surface area (TPSA) is 66.4 Å². The van der Waals surface area contributed by atoms with Crippen molar-refractivity contribution >= 4 is 10.0 Å². The molecule has 23 heavy (non-hydrogen) atoms. The molecule has 2 aromatic carbocycles. The van der Waals surface area contributed by atoms with E-state index in [1.165, 1.54) is 6.07 Å². The van der Waals surface area contributed by atoms with Crippen molar-refractivity contribution in [1.82, 2.24) is 4.72 Å². The lowest BCUT2D eigenvalue weighted by molar-refractivity contribution is -0.139. The van der Waals surface area contributed by atoms with Gasteiger partial charge in [0.15, 0.2) is 0 Å². The maximum absolute atomic E-state index is 13.0. The standard InChI is InChI=1S/C15H14F3NO3S/c16-15(17,18)12-8-4-5-9-14(12)23(21,22)19-13(10-20)11-6-2-1-3-7-11/h1-9,13,19-20H,10H2. The zero-order chi connectivity index (χ0) is 17.1. The number of hydrogen-bond donors (Lipinski definition) is 2. The van der Waals surface area contributed by atoms with Gasteiger partial charge >= 0.3 is 6.18 Å². The molecule has 0 amide bonds. The summed E-state index contributed by atoms with van der Waals surface area (Å²) in [6.07, 6.45) is -4.80. The molecule has 0 aliphatic heterocycles. The molecule has 0 aliphatic rings. The van der Waals surface area contributed by atoms with E-state index in [0.29, 0.717) is 11.6 Å². The number of hydrogen-bond acceptors (Lipinski definition) is 3. The Hall–Kier alpha value is -1.90. The van der Waals surface area contributed by atoms with Crippen LogP contribution in [0.5, 0.6) is 0 Å². The summed E-state index contributed by atoms with van der Waals surface area (Å²) in [5.74, 6) is 0. The fraction of sp³-hybridized carbons (Fsp3) is 0.200. The van der Waals surface area contributed by atoms with Crippen LogP contribution in [-0.2, 0) is 16.2 Å². The normalized spacial score (nSPS) is 13.7. The molecule has 4 nitrogen and oxygen atoms in total. The predicted molar refractivity (Wildman–Crippen MR) is 78.0 cm³/mol. The van der Waals surface area contributed by atoms with Gasteiger partial charge in [-0.3, -0.25) is 0 Å². The van der Waals surface area contributed by atoms with Crippen LogP contribution < -0.4 is 4.72 Å². The largest absolute Gasteiger partial charge is 0.417 e. The SMILES string of the molecule is O=S(=O)(NC(CO)c1ccccc1)c1ccccc1C(F)(F)F. The molecule has 0 radical (unpaired) electrons. The van der Waals surface area contributed by atoms with Crippen molar-refractivity contribution in [1.29, 1.82) is 0 Å². The maximum atomic E-state index is 13.0. The molecule has 1 atom stereocenters. The highest BCUT2D eigenvalue weighted by molar-refractivity contribution is 7.89. The monoisotopic (exact) mass is 345 g/mol. The Labute approximate surface area is 131 Å². The second-order valence-corrected chi connectivity index (χ2v) is 6.44. The van der Waals surface area contributed by atoms with Gasteiger partial charge in [0.05, 0.1) is 23.1 Å². The molecule has 0 bridgehead atoms. The summed E-state index contributed by atoms with van der Waals surface area (Å²) in [7, 11) is -4.46. The van der Waals surface area contributed by atoms with E-state index in [0.717, 1.165) is 12.1 Å². The van der Waals surface area contributed by atoms with Crippen molar-refractivity contribution in [3.05, 3.63) is 65.7 Å². The molecule has 0 heterocycles. The zero-order valence-corrected chi connectivity index (χ0v) is 12.6. The van der Waals surface area contributed by atoms with Gasteiger partial charge in [0, 0.05) is 0 Å². The van der Waals surface area contributed by atoms with Crippen molar-refractivity contribution in [2.75, 3.05) is 6.61 Å². The zero-order valence-electron chi connectivity index (χ0n) is 11.8. The minimum absolute atomic E-state index is 0.447. The van der Waals surface area contributed by atoms with Crippen LogP contribution in [0, 0.1) is 0 Å². The highest BCUT2D eigenvalue weighted by atomic mass is 32.2. The highest BCUT2D eigenvalue weighted by Gasteiger charge is 2.37. The summed E-state index contributed by atoms with van der Waals surface area (Å²) in [6.45, 7) is -0.586. The second kappa shape index (κ2) is 6.69. The van der Waals surface area contributed by atoms with Gasteiger partial charge in [0.25, 0.3) is 0 Å². The molecule has 1 unspecified atom stereocenters. The van der Waals surface area contributed by atoms with Crippen LogP contribution in [-0.4, -0.2) is 20.1 Å². The molecule has 0 saturated heterocycles. The number of halogens is 3. The molecule has 0 saturated carbocycles. The third kappa shape index (κ3) is 4.10. The van der Waals surface area contributed by atoms with Crippen LogP contribution in [0.1, 0.15) is 17.2 Å². The van der Waals surface area contributed by atoms with Crippen LogP contribution in [0.3, 0.4) is 0 Å². The second-order valence-electron chi connectivity index (χ2n) is 4.76. The molecule has 0 fully saturated rings. The molecule has 124 valence electrons. The fourth-order valence-electron chi connectivity index (χ4n) is 2.08. The fourth-order valence-corrected chi connectivity index (χ4v) is 3.53. The molecule has 8 heteroatoms. The molecule has 0 spiro atoms. The molecular formula is C15H14F3NO3S. The molecule has 0 aromatic heterocycles. The summed E-state index contributed by atoms with van der Waals surface area (Å²) < 4.78 is 65.7. The van der Waals surface area contributed by atoms with Crippen LogP contribution in [0.15, 0.2) is 59.5 Å². The van der Waals surface area contributed by atoms with Gasteiger partial charge < -0.3 is 5.11 Å². The van der Waals surface area contributed by atoms with Gasteiger partial charge in [0.1, 0.15) is 0 Å². The lowest BCUT2D eigenvalue weighted by Crippen LogP contribution is -2.32. The number of nitrogens with one attached hydrogen (secondary N) is 1. The van der Waals surface area contributed by atoms with Crippen molar-refractivity contribution in [3.63, 3.8) is 0 Å². The molecular weight excluding hydrogens is 331 g/mol. The van der Waals surface area contributed by atoms with Crippen molar-refractivity contribution < 1.29 is 26.7 Å². The van der Waals surface area contributed by atoms with E-state index in [1.807, 2.05) is 0 Å². The maximum Gasteiger partial charge on any atom is 0.417 e. The first-order chi connectivity index (χ1) is 10.8. The van der Waals surface area contributed by atoms with Crippen LogP contribution in [0.25, 0.3) is 0 Å². The summed E-state index contributed by atoms with van der Waals surface area (Å²) >= 11 is 0. The Morgan fingerprint density at radius 1 is 1.00 bits per heavy atom. The Kier molecular flexibility index (Phi) is 5.08. The van der Waals surface area contributed by atoms with Gasteiger partial charge in [-0.05, 0) is 17.7 Å². The Morgan fingerprint density at radius 3 is 2.13 bits per heavy atom. The van der Waals surface area contributed by atoms with E-state index in [1.54, 1.807) is 30.3 Å². The minimum Gasteiger partial charge on any atom is -0.394 e. The third-order valence-electron chi connectivity index (χ3n) is 3.16. The van der Waals surface area contributed by atoms with E-state index in [-0.39, 0.29) is 0 Å². The first kappa shape index (κ1) is 17.5. The Balaban J connectivity index is 2.40. The van der Waals surface area contributed by atoms with Gasteiger partial charge in [-0.15, -0.1) is 0 Å². The van der Waals surface area contributed by atoms with E-state index in [2.05, 4.69) is 4.72 Å². The summed E-state index contributed by atoms with van der Waals surface area (Å²) in [5, 5.41) is 9.37. The van der Waals surface area contributed by atoms with Crippen molar-refractivity contribution in [2.45, 2.75) is 17.1 Å². The Bertz CT molecular complexity index is 761. The molecule has 0 aliphatic carbocycles. The van der Waals surface area contributed by atoms with Crippen LogP contribution in [0.2, 0.25) is 0 Å². The van der Waals surface area contributed by atoms with E-state index >= 15 is 0 Å². The third-order valence-corrected chi connectivity index (χ3v) is 4.69. The summed E-state index contributed by atoms with van der Waals surface area (Å²) in [6, 6.07) is 11.0. The number of sulfonamides is 1. The van der Waals surface area contributed by atoms with Gasteiger partial charge in [-0.2, -0.15) is 13.2 Å². The Morgan fingerprint density at radius 2 is 1.57 bits per heavy atom. The van der Waals surface area contributed by atoms with E-state index in [9.17, 15) is 26.7 Å². The van der Waals surface area contributed by atoms with Gasteiger partial charge in [-0.25, -0.2) is 13.1 Å². The number of aliphatic hydroxyl groups is 1. The average molecular weight is 345 g/mol. The number of rotatable bonds is 5. The van der Waals surface area contributed by atoms with E-state index in [4.69, 9.17) is 0 Å². The van der Waals surface area contributed by atoms with E-state index < -0.39 is 39.3 Å². The predicted octanol–water partition coefficient (Wildman–Crippen LogP) is 2.72. The van der Waals surface area contributed by atoms with Gasteiger partial charge in [-0.1, -0.05) is 42.5 Å². The quantitative estimate of drug-likeness (QED) is 0.876. The van der Waals surface area contributed by atoms with Crippen LogP contribution >= 0.6 is 0 Å². The van der Waals surface area contributed by atoms with Crippen molar-refractivity contribution in [2.24, 2.45) is 0 Å². The smallest absolute Gasteiger partial charge is 0.394 e. The minimum atomic E-state index is -4.80.